The van der Waals surface area contributed by atoms with Crippen molar-refractivity contribution in [3.63, 3.8) is 0 Å². The van der Waals surface area contributed by atoms with Crippen LogP contribution in [0.2, 0.25) is 10.0 Å². The number of primary amides is 1. The molecule has 0 fully saturated rings. The number of amides is 2. The predicted octanol–water partition coefficient (Wildman–Crippen LogP) is 4.04. The lowest BCUT2D eigenvalue weighted by molar-refractivity contribution is -0.122. The monoisotopic (exact) mass is 444 g/mol. The molecule has 2 amide bonds. The third-order valence-electron chi connectivity index (χ3n) is 3.65. The highest BCUT2D eigenvalue weighted by atomic mass is 35.5. The molecule has 0 aliphatic heterocycles. The maximum atomic E-state index is 12.6. The van der Waals surface area contributed by atoms with Crippen molar-refractivity contribution in [2.75, 3.05) is 11.9 Å². The van der Waals surface area contributed by atoms with Gasteiger partial charge in [0, 0.05) is 5.02 Å². The van der Waals surface area contributed by atoms with Crippen molar-refractivity contribution in [1.29, 1.82) is 0 Å². The fourth-order valence-corrected chi connectivity index (χ4v) is 3.82. The van der Waals surface area contributed by atoms with E-state index in [9.17, 15) is 14.4 Å². The highest BCUT2D eigenvalue weighted by molar-refractivity contribution is 7.18. The van der Waals surface area contributed by atoms with Gasteiger partial charge >= 0.3 is 5.97 Å². The van der Waals surface area contributed by atoms with Crippen molar-refractivity contribution in [3.05, 3.63) is 44.2 Å². The van der Waals surface area contributed by atoms with Gasteiger partial charge in [-0.15, -0.1) is 11.3 Å². The Bertz CT molecular complexity index is 929. The molecule has 0 radical (unpaired) electrons. The lowest BCUT2D eigenvalue weighted by Crippen LogP contribution is -2.30. The molecule has 1 heterocycles. The number of halogens is 2. The number of nitrogens with two attached hydrogens (primary N) is 1. The fraction of sp³-hybridized carbons (Fsp3) is 0.278. The van der Waals surface area contributed by atoms with Gasteiger partial charge in [0.15, 0.2) is 6.10 Å². The standard InChI is InChI=1S/C18H18Cl2N2O5S/c1-4-26-18(25)13-8(2)14(15(21)23)28-17(13)22-16(24)9(3)27-12-6-5-10(19)7-11(12)20/h5-7,9H,4H2,1-3H3,(H2,21,23)(H,22,24)/t9-/m0/s1. The number of anilines is 1. The second kappa shape index (κ2) is 9.27. The molecule has 0 aliphatic carbocycles. The van der Waals surface area contributed by atoms with Crippen LogP contribution in [0.1, 0.15) is 39.4 Å². The average molecular weight is 445 g/mol. The number of ether oxygens (including phenoxy) is 2. The number of nitrogens with one attached hydrogen (secondary N) is 1. The van der Waals surface area contributed by atoms with E-state index in [1.165, 1.54) is 13.0 Å². The lowest BCUT2D eigenvalue weighted by atomic mass is 10.1. The van der Waals surface area contributed by atoms with E-state index in [0.29, 0.717) is 10.6 Å². The summed E-state index contributed by atoms with van der Waals surface area (Å²) in [6.07, 6.45) is -0.951. The molecule has 1 aromatic heterocycles. The number of carbonyl (C=O) groups is 3. The first-order valence-corrected chi connectivity index (χ1v) is 9.75. The first-order valence-electron chi connectivity index (χ1n) is 8.18. The van der Waals surface area contributed by atoms with E-state index < -0.39 is 23.9 Å². The number of rotatable bonds is 7. The summed E-state index contributed by atoms with van der Waals surface area (Å²) in [5.74, 6) is -1.63. The summed E-state index contributed by atoms with van der Waals surface area (Å²) < 4.78 is 10.6. The average Bonchev–Trinajstić information content (AvgIpc) is 2.93. The zero-order valence-electron chi connectivity index (χ0n) is 15.3. The van der Waals surface area contributed by atoms with Crippen LogP contribution in [0.25, 0.3) is 0 Å². The summed E-state index contributed by atoms with van der Waals surface area (Å²) in [4.78, 5) is 36.6. The molecule has 3 N–H and O–H groups in total. The Hall–Kier alpha value is -2.29. The Morgan fingerprint density at radius 3 is 2.54 bits per heavy atom. The summed E-state index contributed by atoms with van der Waals surface area (Å²) in [5.41, 5.74) is 5.79. The summed E-state index contributed by atoms with van der Waals surface area (Å²) in [5, 5.41) is 3.44. The predicted molar refractivity (Wildman–Crippen MR) is 109 cm³/mol. The number of hydrogen-bond donors (Lipinski definition) is 2. The number of benzene rings is 1. The summed E-state index contributed by atoms with van der Waals surface area (Å²) in [7, 11) is 0. The first-order chi connectivity index (χ1) is 13.1. The number of esters is 1. The summed E-state index contributed by atoms with van der Waals surface area (Å²) in [6.45, 7) is 4.87. The molecule has 150 valence electrons. The van der Waals surface area contributed by atoms with Crippen LogP contribution in [0.5, 0.6) is 5.75 Å². The van der Waals surface area contributed by atoms with Crippen LogP contribution < -0.4 is 15.8 Å². The minimum Gasteiger partial charge on any atom is -0.479 e. The zero-order chi connectivity index (χ0) is 21.0. The van der Waals surface area contributed by atoms with Gasteiger partial charge < -0.3 is 20.5 Å². The Kier molecular flexibility index (Phi) is 7.29. The Balaban J connectivity index is 2.25. The molecule has 2 aromatic rings. The topological polar surface area (TPSA) is 108 Å². The van der Waals surface area contributed by atoms with Crippen molar-refractivity contribution < 1.29 is 23.9 Å². The molecule has 0 aliphatic rings. The van der Waals surface area contributed by atoms with Crippen LogP contribution in [0, 0.1) is 6.92 Å². The minimum absolute atomic E-state index is 0.0886. The van der Waals surface area contributed by atoms with Crippen LogP contribution in [0.15, 0.2) is 18.2 Å². The molecule has 10 heteroatoms. The van der Waals surface area contributed by atoms with Gasteiger partial charge in [0.1, 0.15) is 10.8 Å². The van der Waals surface area contributed by atoms with Crippen molar-refractivity contribution >= 4 is 57.3 Å². The van der Waals surface area contributed by atoms with Crippen LogP contribution in [0.3, 0.4) is 0 Å². The second-order valence-corrected chi connectivity index (χ2v) is 7.53. The van der Waals surface area contributed by atoms with Gasteiger partial charge in [-0.05, 0) is 44.5 Å². The van der Waals surface area contributed by atoms with Crippen molar-refractivity contribution in [2.24, 2.45) is 5.73 Å². The van der Waals surface area contributed by atoms with E-state index in [2.05, 4.69) is 5.32 Å². The molecule has 28 heavy (non-hydrogen) atoms. The number of hydrogen-bond acceptors (Lipinski definition) is 6. The number of thiophene rings is 1. The quantitative estimate of drug-likeness (QED) is 0.626. The van der Waals surface area contributed by atoms with Gasteiger partial charge in [-0.25, -0.2) is 4.79 Å². The Morgan fingerprint density at radius 2 is 1.96 bits per heavy atom. The van der Waals surface area contributed by atoms with Gasteiger partial charge in [0.25, 0.3) is 11.8 Å². The largest absolute Gasteiger partial charge is 0.479 e. The van der Waals surface area contributed by atoms with Crippen LogP contribution in [-0.2, 0) is 9.53 Å². The molecule has 1 atom stereocenters. The fourth-order valence-electron chi connectivity index (χ4n) is 2.31. The zero-order valence-corrected chi connectivity index (χ0v) is 17.6. The minimum atomic E-state index is -0.951. The van der Waals surface area contributed by atoms with Gasteiger partial charge in [-0.3, -0.25) is 9.59 Å². The molecule has 0 spiro atoms. The van der Waals surface area contributed by atoms with E-state index in [1.54, 1.807) is 26.0 Å². The number of carbonyl (C=O) groups excluding carboxylic acids is 3. The normalized spacial score (nSPS) is 11.6. The van der Waals surface area contributed by atoms with Crippen molar-refractivity contribution in [1.82, 2.24) is 0 Å². The molecule has 1 aromatic carbocycles. The van der Waals surface area contributed by atoms with E-state index in [4.69, 9.17) is 38.4 Å². The molecule has 2 rings (SSSR count). The maximum Gasteiger partial charge on any atom is 0.341 e. The molecule has 0 saturated heterocycles. The van der Waals surface area contributed by atoms with Gasteiger partial charge in [-0.1, -0.05) is 23.2 Å². The van der Waals surface area contributed by atoms with Crippen molar-refractivity contribution in [2.45, 2.75) is 26.9 Å². The molecule has 0 unspecified atom stereocenters. The van der Waals surface area contributed by atoms with Gasteiger partial charge in [0.2, 0.25) is 0 Å². The van der Waals surface area contributed by atoms with Crippen LogP contribution in [0.4, 0.5) is 5.00 Å². The van der Waals surface area contributed by atoms with E-state index in [0.717, 1.165) is 11.3 Å². The Labute approximate surface area is 175 Å². The van der Waals surface area contributed by atoms with Gasteiger partial charge in [-0.2, -0.15) is 0 Å². The van der Waals surface area contributed by atoms with Crippen molar-refractivity contribution in [3.8, 4) is 5.75 Å². The van der Waals surface area contributed by atoms with E-state index in [1.807, 2.05) is 0 Å². The maximum absolute atomic E-state index is 12.6. The lowest BCUT2D eigenvalue weighted by Gasteiger charge is -2.15. The Morgan fingerprint density at radius 1 is 1.29 bits per heavy atom. The molecule has 0 bridgehead atoms. The first kappa shape index (κ1) is 22.0. The highest BCUT2D eigenvalue weighted by Gasteiger charge is 2.27. The summed E-state index contributed by atoms with van der Waals surface area (Å²) in [6, 6.07) is 4.61. The van der Waals surface area contributed by atoms with Crippen LogP contribution >= 0.6 is 34.5 Å². The molecular formula is C18H18Cl2N2O5S. The smallest absolute Gasteiger partial charge is 0.341 e. The molecular weight excluding hydrogens is 427 g/mol. The molecule has 0 saturated carbocycles. The third-order valence-corrected chi connectivity index (χ3v) is 5.41. The third kappa shape index (κ3) is 4.95. The van der Waals surface area contributed by atoms with Gasteiger partial charge in [0.05, 0.1) is 22.1 Å². The molecule has 7 nitrogen and oxygen atoms in total. The van der Waals surface area contributed by atoms with Crippen LogP contribution in [-0.4, -0.2) is 30.5 Å². The summed E-state index contributed by atoms with van der Waals surface area (Å²) >= 11 is 12.8. The van der Waals surface area contributed by atoms with E-state index in [-0.39, 0.29) is 32.8 Å². The van der Waals surface area contributed by atoms with E-state index >= 15 is 0 Å². The SMILES string of the molecule is CCOC(=O)c1c(NC(=O)[C@H](C)Oc2ccc(Cl)cc2Cl)sc(C(N)=O)c1C. The highest BCUT2D eigenvalue weighted by Crippen LogP contribution is 2.34. The second-order valence-electron chi connectivity index (χ2n) is 5.67.